The Kier molecular flexibility index (Phi) is 3.48. The van der Waals surface area contributed by atoms with Crippen LogP contribution in [0.1, 0.15) is 39.5 Å². The van der Waals surface area contributed by atoms with E-state index in [1.807, 2.05) is 0 Å². The lowest BCUT2D eigenvalue weighted by molar-refractivity contribution is 0.0414. The Morgan fingerprint density at radius 1 is 0.917 bits per heavy atom. The fourth-order valence-corrected chi connectivity index (χ4v) is 2.06. The van der Waals surface area contributed by atoms with E-state index in [1.54, 1.807) is 0 Å². The predicted molar refractivity (Wildman–Crippen MR) is 46.3 cm³/mol. The Labute approximate surface area is 73.3 Å². The second-order valence-electron chi connectivity index (χ2n) is 4.25. The Bertz CT molecular complexity index is 108. The van der Waals surface area contributed by atoms with Crippen molar-refractivity contribution in [3.05, 3.63) is 0 Å². The fourth-order valence-electron chi connectivity index (χ4n) is 2.06. The molecule has 0 bridgehead atoms. The van der Waals surface area contributed by atoms with Gasteiger partial charge in [0.25, 0.3) is 0 Å². The maximum atomic E-state index is 12.2. The van der Waals surface area contributed by atoms with Crippen LogP contribution >= 0.6 is 0 Å². The van der Waals surface area contributed by atoms with Gasteiger partial charge in [-0.2, -0.15) is 0 Å². The van der Waals surface area contributed by atoms with Crippen molar-refractivity contribution in [2.24, 2.45) is 17.8 Å². The van der Waals surface area contributed by atoms with E-state index in [-0.39, 0.29) is 5.92 Å². The molecule has 0 aromatic rings. The molecule has 0 heterocycles. The van der Waals surface area contributed by atoms with Crippen LogP contribution < -0.4 is 0 Å². The fraction of sp³-hybridized carbons (Fsp3) is 1.00. The summed E-state index contributed by atoms with van der Waals surface area (Å²) in [6, 6.07) is 0. The summed E-state index contributed by atoms with van der Waals surface area (Å²) in [5.41, 5.74) is 0. The van der Waals surface area contributed by atoms with Crippen molar-refractivity contribution in [3.63, 3.8) is 0 Å². The maximum Gasteiger partial charge on any atom is 0.241 e. The van der Waals surface area contributed by atoms with E-state index in [2.05, 4.69) is 13.8 Å². The number of hydrogen-bond acceptors (Lipinski definition) is 0. The van der Waals surface area contributed by atoms with Crippen LogP contribution in [0.5, 0.6) is 0 Å². The molecule has 1 aliphatic carbocycles. The first-order valence-corrected chi connectivity index (χ1v) is 4.89. The summed E-state index contributed by atoms with van der Waals surface area (Å²) in [6.07, 6.45) is 1.40. The molecule has 12 heavy (non-hydrogen) atoms. The highest BCUT2D eigenvalue weighted by atomic mass is 19.3. The standard InChI is InChI=1S/C10H18F2/c1-7(2)8-3-5-9(6-4-8)10(11)12/h7-10H,3-6H2,1-2H3. The maximum absolute atomic E-state index is 12.2. The van der Waals surface area contributed by atoms with Gasteiger partial charge in [0.15, 0.2) is 0 Å². The Morgan fingerprint density at radius 3 is 1.67 bits per heavy atom. The third-order valence-electron chi connectivity index (χ3n) is 3.12. The van der Waals surface area contributed by atoms with Gasteiger partial charge < -0.3 is 0 Å². The highest BCUT2D eigenvalue weighted by Gasteiger charge is 2.28. The van der Waals surface area contributed by atoms with Crippen LogP contribution in [0.4, 0.5) is 8.78 Å². The molecule has 0 atom stereocenters. The number of hydrogen-bond donors (Lipinski definition) is 0. The molecule has 0 radical (unpaired) electrons. The minimum atomic E-state index is -2.09. The average molecular weight is 176 g/mol. The highest BCUT2D eigenvalue weighted by Crippen LogP contribution is 2.35. The lowest BCUT2D eigenvalue weighted by Crippen LogP contribution is -2.22. The topological polar surface area (TPSA) is 0 Å². The van der Waals surface area contributed by atoms with Crippen LogP contribution in [0.2, 0.25) is 0 Å². The van der Waals surface area contributed by atoms with Crippen molar-refractivity contribution >= 4 is 0 Å². The molecule has 0 nitrogen and oxygen atoms in total. The zero-order chi connectivity index (χ0) is 9.14. The minimum absolute atomic E-state index is 0.306. The van der Waals surface area contributed by atoms with Crippen molar-refractivity contribution < 1.29 is 8.78 Å². The smallest absolute Gasteiger partial charge is 0.210 e. The van der Waals surface area contributed by atoms with Gasteiger partial charge in [0, 0.05) is 5.92 Å². The van der Waals surface area contributed by atoms with E-state index < -0.39 is 6.43 Å². The van der Waals surface area contributed by atoms with E-state index in [1.165, 1.54) is 0 Å². The molecule has 1 aliphatic rings. The zero-order valence-electron chi connectivity index (χ0n) is 7.89. The summed E-state index contributed by atoms with van der Waals surface area (Å²) in [7, 11) is 0. The largest absolute Gasteiger partial charge is 0.241 e. The van der Waals surface area contributed by atoms with Crippen LogP contribution in [0.3, 0.4) is 0 Å². The first kappa shape index (κ1) is 9.94. The second-order valence-corrected chi connectivity index (χ2v) is 4.25. The quantitative estimate of drug-likeness (QED) is 0.601. The minimum Gasteiger partial charge on any atom is -0.210 e. The van der Waals surface area contributed by atoms with Crippen molar-refractivity contribution in [1.82, 2.24) is 0 Å². The monoisotopic (exact) mass is 176 g/mol. The van der Waals surface area contributed by atoms with Crippen molar-refractivity contribution in [1.29, 1.82) is 0 Å². The van der Waals surface area contributed by atoms with Crippen LogP contribution in [-0.4, -0.2) is 6.43 Å². The second kappa shape index (κ2) is 4.20. The van der Waals surface area contributed by atoms with Gasteiger partial charge in [-0.25, -0.2) is 8.78 Å². The van der Waals surface area contributed by atoms with Crippen LogP contribution in [0.15, 0.2) is 0 Å². The lowest BCUT2D eigenvalue weighted by Gasteiger charge is -2.30. The Morgan fingerprint density at radius 2 is 1.33 bits per heavy atom. The van der Waals surface area contributed by atoms with Crippen LogP contribution in [-0.2, 0) is 0 Å². The average Bonchev–Trinajstić information content (AvgIpc) is 2.04. The first-order chi connectivity index (χ1) is 5.61. The zero-order valence-corrected chi connectivity index (χ0v) is 7.89. The molecule has 0 saturated heterocycles. The van der Waals surface area contributed by atoms with Gasteiger partial charge in [0.05, 0.1) is 0 Å². The van der Waals surface area contributed by atoms with Gasteiger partial charge in [0.1, 0.15) is 0 Å². The van der Waals surface area contributed by atoms with Crippen LogP contribution in [0, 0.1) is 17.8 Å². The van der Waals surface area contributed by atoms with Gasteiger partial charge in [-0.15, -0.1) is 0 Å². The molecule has 1 fully saturated rings. The van der Waals surface area contributed by atoms with Crippen LogP contribution in [0.25, 0.3) is 0 Å². The van der Waals surface area contributed by atoms with Gasteiger partial charge >= 0.3 is 0 Å². The summed E-state index contributed by atoms with van der Waals surface area (Å²) in [6.45, 7) is 4.38. The normalized spacial score (nSPS) is 31.5. The van der Waals surface area contributed by atoms with Gasteiger partial charge in [-0.1, -0.05) is 13.8 Å². The van der Waals surface area contributed by atoms with Gasteiger partial charge in [-0.05, 0) is 37.5 Å². The molecule has 0 unspecified atom stereocenters. The van der Waals surface area contributed by atoms with E-state index in [4.69, 9.17) is 0 Å². The molecule has 0 aromatic carbocycles. The van der Waals surface area contributed by atoms with Crippen molar-refractivity contribution in [2.75, 3.05) is 0 Å². The summed E-state index contributed by atoms with van der Waals surface area (Å²) in [4.78, 5) is 0. The SMILES string of the molecule is CC(C)C1CCC(C(F)F)CC1. The Balaban J connectivity index is 2.30. The van der Waals surface area contributed by atoms with Crippen molar-refractivity contribution in [3.8, 4) is 0 Å². The van der Waals surface area contributed by atoms with E-state index in [9.17, 15) is 8.78 Å². The van der Waals surface area contributed by atoms with E-state index in [0.29, 0.717) is 11.8 Å². The van der Waals surface area contributed by atoms with Crippen molar-refractivity contribution in [2.45, 2.75) is 46.0 Å². The molecule has 0 N–H and O–H groups in total. The number of halogens is 2. The number of alkyl halides is 2. The summed E-state index contributed by atoms with van der Waals surface area (Å²) >= 11 is 0. The highest BCUT2D eigenvalue weighted by molar-refractivity contribution is 4.75. The first-order valence-electron chi connectivity index (χ1n) is 4.89. The third kappa shape index (κ3) is 2.43. The molecule has 0 amide bonds. The molecular weight excluding hydrogens is 158 g/mol. The Hall–Kier alpha value is -0.140. The lowest BCUT2D eigenvalue weighted by atomic mass is 9.77. The predicted octanol–water partition coefficient (Wildman–Crippen LogP) is 3.71. The summed E-state index contributed by atoms with van der Waals surface area (Å²) < 4.78 is 24.5. The molecule has 0 aromatic heterocycles. The molecule has 0 aliphatic heterocycles. The molecule has 2 heteroatoms. The number of rotatable bonds is 2. The molecular formula is C10H18F2. The summed E-state index contributed by atoms with van der Waals surface area (Å²) in [5.74, 6) is 1.06. The summed E-state index contributed by atoms with van der Waals surface area (Å²) in [5, 5.41) is 0. The van der Waals surface area contributed by atoms with E-state index >= 15 is 0 Å². The third-order valence-corrected chi connectivity index (χ3v) is 3.12. The molecule has 0 spiro atoms. The molecule has 1 rings (SSSR count). The van der Waals surface area contributed by atoms with Gasteiger partial charge in [0.2, 0.25) is 6.43 Å². The molecule has 72 valence electrons. The molecule has 1 saturated carbocycles. The van der Waals surface area contributed by atoms with Gasteiger partial charge in [-0.3, -0.25) is 0 Å². The van der Waals surface area contributed by atoms with E-state index in [0.717, 1.165) is 25.7 Å².